The smallest absolute Gasteiger partial charge is 0.410 e. The number of aliphatic hydroxyl groups excluding tert-OH is 1. The van der Waals surface area contributed by atoms with Crippen LogP contribution in [0.5, 0.6) is 11.5 Å². The number of nitrogens with zero attached hydrogens (tertiary/aromatic N) is 1. The van der Waals surface area contributed by atoms with Crippen LogP contribution in [0.3, 0.4) is 0 Å². The maximum atomic E-state index is 12.5. The van der Waals surface area contributed by atoms with Gasteiger partial charge in [0.05, 0.1) is 39.6 Å². The molecule has 3 heterocycles. The number of amides is 1. The maximum absolute atomic E-state index is 12.5. The summed E-state index contributed by atoms with van der Waals surface area (Å²) < 4.78 is 218. The fourth-order valence-electron chi connectivity index (χ4n) is 7.13. The highest BCUT2D eigenvalue weighted by Crippen LogP contribution is 2.36. The van der Waals surface area contributed by atoms with E-state index in [2.05, 4.69) is 5.32 Å². The molecule has 1 fully saturated rings. The second-order valence-electron chi connectivity index (χ2n) is 17.1. The molecule has 7 rings (SSSR count). The summed E-state index contributed by atoms with van der Waals surface area (Å²) in [5.74, 6) is 0.0726. The van der Waals surface area contributed by atoms with Crippen LogP contribution in [-0.4, -0.2) is 80.2 Å². The Bertz CT molecular complexity index is 3090. The summed E-state index contributed by atoms with van der Waals surface area (Å²) in [5.41, 5.74) is 1.80. The SMILES string of the molecule is [2H]c1cc([2H])c(C([2H])([2H])C([2H])([2H])C([2H])([2H])C([2H])([2H])OCCCCCCN2CC(c3ccc4c(c3)COC(C)(C)O4)OC2=O)c([2H])c1.[2H]c1cc([2H])c(C([2H])([2H])C([2H])([2H])C([2H])([2H])C([2H])([2H])OCCCCCCNCC(O)c2ccc3c(c2)COC(C)(C)O3)c([2H])c1. The van der Waals surface area contributed by atoms with E-state index >= 15 is 0 Å². The minimum absolute atomic E-state index is 0.235. The number of ether oxygens (including phenoxy) is 7. The fourth-order valence-corrected chi connectivity index (χ4v) is 7.13. The van der Waals surface area contributed by atoms with Crippen molar-refractivity contribution in [1.82, 2.24) is 10.2 Å². The van der Waals surface area contributed by atoms with E-state index in [1.54, 1.807) is 4.90 Å². The van der Waals surface area contributed by atoms with Gasteiger partial charge in [0, 0.05) is 94.7 Å². The third-order valence-electron chi connectivity index (χ3n) is 10.7. The first kappa shape index (κ1) is 30.3. The topological polar surface area (TPSA) is 117 Å². The number of hydrogen-bond donors (Lipinski definition) is 2. The van der Waals surface area contributed by atoms with Gasteiger partial charge in [-0.3, -0.25) is 0 Å². The normalized spacial score (nSPS) is 23.6. The third-order valence-corrected chi connectivity index (χ3v) is 10.7. The largest absolute Gasteiger partial charge is 0.463 e. The van der Waals surface area contributed by atoms with E-state index in [9.17, 15) is 9.90 Å². The number of rotatable bonds is 28. The van der Waals surface area contributed by atoms with Crippen LogP contribution in [0, 0.1) is 0 Å². The molecule has 4 aromatic rings. The molecule has 0 aromatic heterocycles. The molecule has 0 aliphatic carbocycles. The van der Waals surface area contributed by atoms with Gasteiger partial charge in [-0.1, -0.05) is 98.3 Å². The summed E-state index contributed by atoms with van der Waals surface area (Å²) >= 11 is 0. The van der Waals surface area contributed by atoms with E-state index in [4.69, 9.17) is 63.3 Å². The summed E-state index contributed by atoms with van der Waals surface area (Å²) in [6, 6.07) is 11.7. The molecule has 0 saturated carbocycles. The second kappa shape index (κ2) is 28.2. The van der Waals surface area contributed by atoms with E-state index in [-0.39, 0.29) is 25.3 Å². The number of cyclic esters (lactones) is 1. The lowest BCUT2D eigenvalue weighted by Crippen LogP contribution is -2.35. The molecule has 0 spiro atoms. The highest BCUT2D eigenvalue weighted by atomic mass is 16.7. The molecule has 2 unspecified atom stereocenters. The van der Waals surface area contributed by atoms with E-state index in [1.165, 1.54) is 0 Å². The number of fused-ring (bicyclic) bond motifs is 2. The van der Waals surface area contributed by atoms with Crippen LogP contribution < -0.4 is 14.8 Å². The Balaban J connectivity index is 0.000000287. The molecular formula is C57H80N2O9. The standard InChI is InChI=1S/C29H39NO5.C28H41NO4/c1-29(2)33-22-25-20-24(15-16-26(25)35-29)27-21-30(28(31)34-27)17-9-3-4-10-18-32-19-11-8-14-23-12-6-5-7-13-23;1-28(2)32-22-25-20-24(15-16-27(25)33-28)26(30)21-29-17-9-3-4-10-18-31-19-11-8-14-23-12-6-5-7-13-23/h5-7,12-13,15-16,20,27H,3-4,8-11,14,17-19,21-22H2,1-2H3;5-7,12-13,15-16,20,26,29-30H,3-4,8-11,14,17-19,21-22H2,1-2H3/i2*5D,8D2,11D2,12D,13D,14D2,19D2. The Hall–Kier alpha value is -4.49. The minimum Gasteiger partial charge on any atom is -0.463 e. The summed E-state index contributed by atoms with van der Waals surface area (Å²) in [4.78, 5) is 14.1. The molecule has 4 aromatic carbocycles. The highest BCUT2D eigenvalue weighted by molar-refractivity contribution is 5.70. The minimum atomic E-state index is -3.57. The van der Waals surface area contributed by atoms with Crippen molar-refractivity contribution in [2.45, 2.75) is 154 Å². The molecule has 1 amide bonds. The highest BCUT2D eigenvalue weighted by Gasteiger charge is 2.34. The number of carbonyl (C=O) groups excluding carboxylic acids is 1. The number of nitrogens with one attached hydrogen (secondary N) is 1. The van der Waals surface area contributed by atoms with Crippen LogP contribution in [0.1, 0.15) is 180 Å². The average Bonchev–Trinajstić information content (AvgIpc) is 0.839. The van der Waals surface area contributed by atoms with Gasteiger partial charge >= 0.3 is 6.09 Å². The predicted molar refractivity (Wildman–Crippen MR) is 268 cm³/mol. The summed E-state index contributed by atoms with van der Waals surface area (Å²) in [5, 5.41) is 13.7. The molecule has 68 heavy (non-hydrogen) atoms. The zero-order valence-electron chi connectivity index (χ0n) is 61.4. The summed E-state index contributed by atoms with van der Waals surface area (Å²) in [6.45, 7) is 2.93. The molecule has 3 aliphatic heterocycles. The number of aliphatic hydroxyl groups is 1. The maximum Gasteiger partial charge on any atom is 0.410 e. The van der Waals surface area contributed by atoms with Crippen molar-refractivity contribution in [1.29, 1.82) is 0 Å². The van der Waals surface area contributed by atoms with Crippen molar-refractivity contribution in [2.24, 2.45) is 0 Å². The lowest BCUT2D eigenvalue weighted by molar-refractivity contribution is -0.180. The monoisotopic (exact) mass is 959 g/mol. The number of unbranched alkanes of at least 4 members (excludes halogenated alkanes) is 6. The van der Waals surface area contributed by atoms with Gasteiger partial charge in [0.15, 0.2) is 0 Å². The molecule has 0 bridgehead atoms. The van der Waals surface area contributed by atoms with Crippen LogP contribution >= 0.6 is 0 Å². The molecule has 0 radical (unpaired) electrons. The Labute approximate surface area is 438 Å². The molecule has 1 saturated heterocycles. The van der Waals surface area contributed by atoms with Crippen LogP contribution in [0.4, 0.5) is 4.79 Å². The van der Waals surface area contributed by atoms with Crippen molar-refractivity contribution in [3.8, 4) is 11.5 Å². The van der Waals surface area contributed by atoms with Crippen LogP contribution in [0.25, 0.3) is 0 Å². The summed E-state index contributed by atoms with van der Waals surface area (Å²) in [7, 11) is 0. The van der Waals surface area contributed by atoms with Gasteiger partial charge in [0.1, 0.15) is 17.6 Å². The molecule has 3 aliphatic rings. The van der Waals surface area contributed by atoms with Gasteiger partial charge in [-0.15, -0.1) is 0 Å². The van der Waals surface area contributed by atoms with E-state index < -0.39 is 117 Å². The van der Waals surface area contributed by atoms with Crippen molar-refractivity contribution in [2.75, 3.05) is 52.5 Å². The number of benzene rings is 4. The van der Waals surface area contributed by atoms with Gasteiger partial charge in [0.2, 0.25) is 11.6 Å². The van der Waals surface area contributed by atoms with Gasteiger partial charge in [-0.25, -0.2) is 4.79 Å². The van der Waals surface area contributed by atoms with E-state index in [1.807, 2.05) is 64.1 Å². The van der Waals surface area contributed by atoms with Crippen LogP contribution in [0.15, 0.2) is 96.9 Å². The van der Waals surface area contributed by atoms with Gasteiger partial charge < -0.3 is 48.5 Å². The van der Waals surface area contributed by atoms with Gasteiger partial charge in [-0.05, 0) is 117 Å². The Kier molecular flexibility index (Phi) is 12.6. The van der Waals surface area contributed by atoms with Crippen molar-refractivity contribution >= 4 is 6.09 Å². The quantitative estimate of drug-likeness (QED) is 0.0533. The molecule has 2 N–H and O–H groups in total. The first-order chi connectivity index (χ1) is 41.4. The Morgan fingerprint density at radius 1 is 0.735 bits per heavy atom. The number of carbonyl (C=O) groups is 1. The van der Waals surface area contributed by atoms with Crippen LogP contribution in [0.2, 0.25) is 0 Å². The van der Waals surface area contributed by atoms with Crippen molar-refractivity contribution in [3.63, 3.8) is 0 Å². The fraction of sp³-hybridized carbons (Fsp3) is 0.561. The molecule has 11 heteroatoms. The van der Waals surface area contributed by atoms with E-state index in [0.717, 1.165) is 70.9 Å². The Morgan fingerprint density at radius 2 is 1.28 bits per heavy atom. The first-order valence-corrected chi connectivity index (χ1v) is 23.1. The second-order valence-corrected chi connectivity index (χ2v) is 17.1. The van der Waals surface area contributed by atoms with Crippen molar-refractivity contribution in [3.05, 3.63) is 130 Å². The van der Waals surface area contributed by atoms with Crippen LogP contribution in [-0.2, 0) is 49.6 Å². The predicted octanol–water partition coefficient (Wildman–Crippen LogP) is 12.0. The lowest BCUT2D eigenvalue weighted by atomic mass is 10.0. The van der Waals surface area contributed by atoms with Gasteiger partial charge in [0.25, 0.3) is 0 Å². The third kappa shape index (κ3) is 18.8. The lowest BCUT2D eigenvalue weighted by Gasteiger charge is -2.33. The molecule has 11 nitrogen and oxygen atoms in total. The number of hydrogen-bond acceptors (Lipinski definition) is 10. The molecular weight excluding hydrogens is 857 g/mol. The van der Waals surface area contributed by atoms with Crippen molar-refractivity contribution < 1.29 is 73.2 Å². The molecule has 2 atom stereocenters. The zero-order chi connectivity index (χ0) is 67.4. The average molecular weight is 959 g/mol. The first-order valence-electron chi connectivity index (χ1n) is 34.1. The Morgan fingerprint density at radius 3 is 1.88 bits per heavy atom. The summed E-state index contributed by atoms with van der Waals surface area (Å²) in [6.07, 6.45) is -17.7. The zero-order valence-corrected chi connectivity index (χ0v) is 39.4. The van der Waals surface area contributed by atoms with Gasteiger partial charge in [-0.2, -0.15) is 0 Å². The molecule has 372 valence electrons. The van der Waals surface area contributed by atoms with E-state index in [0.29, 0.717) is 77.9 Å².